The monoisotopic (exact) mass is 284 g/mol. The van der Waals surface area contributed by atoms with Crippen LogP contribution in [0.15, 0.2) is 4.99 Å². The van der Waals surface area contributed by atoms with Crippen molar-refractivity contribution in [3.8, 4) is 0 Å². The zero-order chi connectivity index (χ0) is 14.3. The molecule has 6 nitrogen and oxygen atoms in total. The normalized spacial score (nSPS) is 13.4. The van der Waals surface area contributed by atoms with Crippen LogP contribution >= 0.6 is 11.8 Å². The summed E-state index contributed by atoms with van der Waals surface area (Å²) in [4.78, 5) is 4.53. The van der Waals surface area contributed by atoms with Gasteiger partial charge in [0.25, 0.3) is 0 Å². The summed E-state index contributed by atoms with van der Waals surface area (Å²) >= 11 is 1.83. The lowest BCUT2D eigenvalue weighted by Gasteiger charge is -2.14. The molecule has 0 saturated carbocycles. The number of aromatic nitrogens is 3. The largest absolute Gasteiger partial charge is 0.357 e. The van der Waals surface area contributed by atoms with E-state index in [2.05, 4.69) is 45.9 Å². The molecule has 1 atom stereocenters. The Morgan fingerprint density at radius 3 is 2.68 bits per heavy atom. The van der Waals surface area contributed by atoms with Gasteiger partial charge in [0.05, 0.1) is 0 Å². The lowest BCUT2D eigenvalue weighted by molar-refractivity contribution is 0.752. The van der Waals surface area contributed by atoms with Gasteiger partial charge in [-0.25, -0.2) is 4.99 Å². The Bertz CT molecular complexity index is 414. The molecule has 0 aromatic carbocycles. The third-order valence-electron chi connectivity index (χ3n) is 2.86. The topological polar surface area (TPSA) is 67.1 Å². The summed E-state index contributed by atoms with van der Waals surface area (Å²) in [6.07, 6.45) is 2.11. The number of guanidine groups is 1. The molecule has 1 aromatic rings. The summed E-state index contributed by atoms with van der Waals surface area (Å²) < 4.78 is 1.96. The molecule has 1 aromatic heterocycles. The van der Waals surface area contributed by atoms with Crippen LogP contribution in [0.2, 0.25) is 0 Å². The van der Waals surface area contributed by atoms with Gasteiger partial charge < -0.3 is 15.2 Å². The van der Waals surface area contributed by atoms with Crippen LogP contribution in [0.3, 0.4) is 0 Å². The predicted octanol–water partition coefficient (Wildman–Crippen LogP) is 0.930. The van der Waals surface area contributed by atoms with Gasteiger partial charge in [0.1, 0.15) is 12.4 Å². The van der Waals surface area contributed by atoms with E-state index in [1.165, 1.54) is 0 Å². The van der Waals surface area contributed by atoms with Crippen molar-refractivity contribution in [1.82, 2.24) is 25.4 Å². The van der Waals surface area contributed by atoms with Gasteiger partial charge in [-0.1, -0.05) is 6.92 Å². The van der Waals surface area contributed by atoms with E-state index in [0.717, 1.165) is 30.7 Å². The van der Waals surface area contributed by atoms with Gasteiger partial charge in [0.15, 0.2) is 11.8 Å². The first-order chi connectivity index (χ1) is 9.08. The number of aryl methyl sites for hydroxylation is 1. The minimum absolute atomic E-state index is 0.528. The molecule has 0 aliphatic heterocycles. The van der Waals surface area contributed by atoms with E-state index >= 15 is 0 Å². The molecule has 1 rings (SSSR count). The first-order valence-electron chi connectivity index (χ1n) is 6.48. The van der Waals surface area contributed by atoms with E-state index in [1.54, 1.807) is 0 Å². The van der Waals surface area contributed by atoms with Crippen LogP contribution in [0.1, 0.15) is 25.5 Å². The third kappa shape index (κ3) is 5.10. The molecule has 0 aliphatic carbocycles. The number of hydrogen-bond acceptors (Lipinski definition) is 4. The molecule has 0 aliphatic rings. The number of nitrogens with one attached hydrogen (secondary N) is 2. The highest BCUT2D eigenvalue weighted by atomic mass is 32.2. The Kier molecular flexibility index (Phi) is 6.69. The fraction of sp³-hybridized carbons (Fsp3) is 0.750. The van der Waals surface area contributed by atoms with Crippen LogP contribution in [-0.2, 0) is 13.6 Å². The van der Waals surface area contributed by atoms with Crippen LogP contribution in [0.5, 0.6) is 0 Å². The second-order valence-electron chi connectivity index (χ2n) is 4.34. The van der Waals surface area contributed by atoms with Crippen LogP contribution in [-0.4, -0.2) is 45.3 Å². The van der Waals surface area contributed by atoms with E-state index in [1.807, 2.05) is 30.3 Å². The molecule has 0 saturated heterocycles. The molecule has 1 heterocycles. The molecule has 0 bridgehead atoms. The minimum Gasteiger partial charge on any atom is -0.357 e. The zero-order valence-corrected chi connectivity index (χ0v) is 13.2. The molecular weight excluding hydrogens is 260 g/mol. The molecule has 0 amide bonds. The first kappa shape index (κ1) is 15.8. The SMILES string of the molecule is CCNC(=NCc1nnc(C)n1C)NCC(C)SC. The van der Waals surface area contributed by atoms with Crippen LogP contribution in [0.4, 0.5) is 0 Å². The molecule has 19 heavy (non-hydrogen) atoms. The summed E-state index contributed by atoms with van der Waals surface area (Å²) in [5.41, 5.74) is 0. The summed E-state index contributed by atoms with van der Waals surface area (Å²) in [6.45, 7) is 8.45. The number of rotatable bonds is 6. The van der Waals surface area contributed by atoms with Gasteiger partial charge in [-0.05, 0) is 20.1 Å². The number of thioether (sulfide) groups is 1. The van der Waals surface area contributed by atoms with Crippen molar-refractivity contribution < 1.29 is 0 Å². The lowest BCUT2D eigenvalue weighted by atomic mass is 10.5. The van der Waals surface area contributed by atoms with Crippen molar-refractivity contribution >= 4 is 17.7 Å². The van der Waals surface area contributed by atoms with Gasteiger partial charge in [-0.2, -0.15) is 11.8 Å². The predicted molar refractivity (Wildman–Crippen MR) is 81.5 cm³/mol. The maximum absolute atomic E-state index is 4.53. The van der Waals surface area contributed by atoms with Crippen molar-refractivity contribution in [2.75, 3.05) is 19.3 Å². The summed E-state index contributed by atoms with van der Waals surface area (Å²) in [5, 5.41) is 15.2. The van der Waals surface area contributed by atoms with Crippen molar-refractivity contribution in [2.24, 2.45) is 12.0 Å². The average molecular weight is 284 g/mol. The molecular formula is C12H24N6S. The van der Waals surface area contributed by atoms with E-state index in [9.17, 15) is 0 Å². The molecule has 0 radical (unpaired) electrons. The molecule has 0 spiro atoms. The quantitative estimate of drug-likeness (QED) is 0.601. The fourth-order valence-corrected chi connectivity index (χ4v) is 1.65. The molecule has 0 fully saturated rings. The molecule has 2 N–H and O–H groups in total. The summed E-state index contributed by atoms with van der Waals surface area (Å²) in [7, 11) is 1.95. The van der Waals surface area contributed by atoms with Crippen LogP contribution in [0.25, 0.3) is 0 Å². The molecule has 1 unspecified atom stereocenters. The van der Waals surface area contributed by atoms with Crippen molar-refractivity contribution in [1.29, 1.82) is 0 Å². The van der Waals surface area contributed by atoms with Gasteiger partial charge in [0.2, 0.25) is 0 Å². The highest BCUT2D eigenvalue weighted by Gasteiger charge is 2.05. The first-order valence-corrected chi connectivity index (χ1v) is 7.77. The Hall–Kier alpha value is -1.24. The Morgan fingerprint density at radius 1 is 1.42 bits per heavy atom. The zero-order valence-electron chi connectivity index (χ0n) is 12.4. The van der Waals surface area contributed by atoms with E-state index < -0.39 is 0 Å². The van der Waals surface area contributed by atoms with Crippen LogP contribution < -0.4 is 10.6 Å². The van der Waals surface area contributed by atoms with E-state index in [4.69, 9.17) is 0 Å². The van der Waals surface area contributed by atoms with Gasteiger partial charge in [-0.15, -0.1) is 10.2 Å². The highest BCUT2D eigenvalue weighted by molar-refractivity contribution is 7.99. The van der Waals surface area contributed by atoms with Crippen molar-refractivity contribution in [3.63, 3.8) is 0 Å². The maximum Gasteiger partial charge on any atom is 0.191 e. The second-order valence-corrected chi connectivity index (χ2v) is 5.62. The Labute approximate surface area is 119 Å². The average Bonchev–Trinajstić information content (AvgIpc) is 2.73. The third-order valence-corrected chi connectivity index (χ3v) is 3.84. The molecule has 108 valence electrons. The van der Waals surface area contributed by atoms with Crippen molar-refractivity contribution in [3.05, 3.63) is 11.6 Å². The number of aliphatic imine (C=N–C) groups is 1. The molecule has 7 heteroatoms. The van der Waals surface area contributed by atoms with E-state index in [0.29, 0.717) is 11.8 Å². The minimum atomic E-state index is 0.528. The second kappa shape index (κ2) is 8.04. The standard InChI is InChI=1S/C12H24N6S/c1-6-13-12(14-7-9(2)19-5)15-8-11-17-16-10(3)18(11)4/h9H,6-8H2,1-5H3,(H2,13,14,15). The highest BCUT2D eigenvalue weighted by Crippen LogP contribution is 2.02. The van der Waals surface area contributed by atoms with Gasteiger partial charge in [-0.3, -0.25) is 0 Å². The van der Waals surface area contributed by atoms with E-state index in [-0.39, 0.29) is 0 Å². The van der Waals surface area contributed by atoms with Crippen LogP contribution in [0, 0.1) is 6.92 Å². The summed E-state index contributed by atoms with van der Waals surface area (Å²) in [6, 6.07) is 0. The summed E-state index contributed by atoms with van der Waals surface area (Å²) in [5.74, 6) is 2.59. The van der Waals surface area contributed by atoms with Crippen molar-refractivity contribution in [2.45, 2.75) is 32.6 Å². The number of nitrogens with zero attached hydrogens (tertiary/aromatic N) is 4. The lowest BCUT2D eigenvalue weighted by Crippen LogP contribution is -2.40. The maximum atomic E-state index is 4.53. The number of hydrogen-bond donors (Lipinski definition) is 2. The Balaban J connectivity index is 2.59. The smallest absolute Gasteiger partial charge is 0.191 e. The van der Waals surface area contributed by atoms with Gasteiger partial charge >= 0.3 is 0 Å². The van der Waals surface area contributed by atoms with Gasteiger partial charge in [0, 0.05) is 25.4 Å². The Morgan fingerprint density at radius 2 is 2.16 bits per heavy atom. The fourth-order valence-electron chi connectivity index (χ4n) is 1.40.